The summed E-state index contributed by atoms with van der Waals surface area (Å²) in [7, 11) is -0.901. The number of allylic oxidation sites excluding steroid dienone is 12. The highest BCUT2D eigenvalue weighted by atomic mass is 31.1. The molecule has 3 aliphatic carbocycles. The van der Waals surface area contributed by atoms with Gasteiger partial charge in [-0.3, -0.25) is 0 Å². The Bertz CT molecular complexity index is 4770. The van der Waals surface area contributed by atoms with Crippen LogP contribution in [0.25, 0.3) is 111 Å². The van der Waals surface area contributed by atoms with Crippen LogP contribution in [0.3, 0.4) is 0 Å². The van der Waals surface area contributed by atoms with Gasteiger partial charge < -0.3 is 9.40 Å². The van der Waals surface area contributed by atoms with Crippen molar-refractivity contribution in [2.45, 2.75) is 25.7 Å². The van der Waals surface area contributed by atoms with Gasteiger partial charge in [-0.15, -0.1) is 0 Å². The number of hydrogen-bond acceptors (Lipinski definition) is 1. The molecule has 12 aromatic rings. The minimum absolute atomic E-state index is 0.901. The van der Waals surface area contributed by atoms with Crippen molar-refractivity contribution in [3.05, 3.63) is 307 Å². The summed E-state index contributed by atoms with van der Waals surface area (Å²) < 4.78 is 6.32. The summed E-state index contributed by atoms with van der Waals surface area (Å²) in [5, 5.41) is 8.72. The maximum atomic E-state index is 6.32. The molecule has 0 saturated heterocycles. The summed E-state index contributed by atoms with van der Waals surface area (Å²) in [5.74, 6) is 0. The van der Waals surface area contributed by atoms with Crippen molar-refractivity contribution in [3.8, 4) is 55.6 Å². The first-order valence-electron chi connectivity index (χ1n) is 28.1. The monoisotopic (exact) mass is 1050 g/mol. The van der Waals surface area contributed by atoms with Gasteiger partial charge in [-0.05, 0) is 230 Å². The Morgan fingerprint density at radius 2 is 0.901 bits per heavy atom. The Hall–Kier alpha value is -9.77. The largest absolute Gasteiger partial charge is 0.456 e. The second-order valence-electron chi connectivity index (χ2n) is 21.4. The lowest BCUT2D eigenvalue weighted by Crippen LogP contribution is -2.20. The first kappa shape index (κ1) is 48.4. The molecular formula is C78H54NOP. The molecule has 1 unspecified atom stereocenters. The molecule has 2 nitrogen and oxygen atoms in total. The summed E-state index contributed by atoms with van der Waals surface area (Å²) in [6.45, 7) is 0. The number of fused-ring (bicyclic) bond motifs is 6. The van der Waals surface area contributed by atoms with E-state index in [0.29, 0.717) is 0 Å². The lowest BCUT2D eigenvalue weighted by molar-refractivity contribution is 0.669. The Labute approximate surface area is 473 Å². The predicted octanol–water partition coefficient (Wildman–Crippen LogP) is 20.0. The topological polar surface area (TPSA) is 28.9 Å². The summed E-state index contributed by atoms with van der Waals surface area (Å²) in [6.07, 6.45) is 21.8. The van der Waals surface area contributed by atoms with Crippen molar-refractivity contribution in [2.24, 2.45) is 0 Å². The predicted molar refractivity (Wildman–Crippen MR) is 345 cm³/mol. The van der Waals surface area contributed by atoms with Crippen LogP contribution in [-0.4, -0.2) is 4.98 Å². The van der Waals surface area contributed by atoms with Gasteiger partial charge in [0.2, 0.25) is 0 Å². The molecule has 3 heteroatoms. The van der Waals surface area contributed by atoms with Crippen LogP contribution < -0.4 is 15.9 Å². The van der Waals surface area contributed by atoms with E-state index >= 15 is 0 Å². The SMILES string of the molecule is C1=C=CC(C2=CCCC(c3cccc(-c4cccc(-c5cccc(-c6cccc(P(c7ccccc7)c7ccc8[nH]c9ccc(-c%10ccc(-c%11ccc%12oc%13ccc(C%14=CCCC=C%14)cc%13c%12c%11)cc%10)cc9c8c7)c6)c5)c4)c3)=C2)=CC=1. The third-order valence-electron chi connectivity index (χ3n) is 16.4. The molecule has 2 aromatic heterocycles. The van der Waals surface area contributed by atoms with Crippen molar-refractivity contribution in [1.82, 2.24) is 4.98 Å². The number of hydrogen-bond donors (Lipinski definition) is 1. The molecule has 0 amide bonds. The molecule has 382 valence electrons. The third-order valence-corrected chi connectivity index (χ3v) is 18.8. The van der Waals surface area contributed by atoms with Crippen molar-refractivity contribution < 1.29 is 4.42 Å². The van der Waals surface area contributed by atoms with Crippen molar-refractivity contribution in [2.75, 3.05) is 0 Å². The van der Waals surface area contributed by atoms with Crippen LogP contribution in [0.15, 0.2) is 300 Å². The van der Waals surface area contributed by atoms with Crippen molar-refractivity contribution in [3.63, 3.8) is 0 Å². The van der Waals surface area contributed by atoms with E-state index in [9.17, 15) is 0 Å². The zero-order valence-electron chi connectivity index (χ0n) is 44.7. The lowest BCUT2D eigenvalue weighted by Gasteiger charge is -2.20. The van der Waals surface area contributed by atoms with Crippen LogP contribution in [0, 0.1) is 0 Å². The first-order valence-corrected chi connectivity index (χ1v) is 29.5. The molecule has 0 spiro atoms. The molecular weight excluding hydrogens is 998 g/mol. The summed E-state index contributed by atoms with van der Waals surface area (Å²) in [5.41, 5.74) is 29.8. The number of H-pyrrole nitrogens is 1. The van der Waals surface area contributed by atoms with Gasteiger partial charge in [-0.2, -0.15) is 0 Å². The summed E-state index contributed by atoms with van der Waals surface area (Å²) >= 11 is 0. The van der Waals surface area contributed by atoms with E-state index in [1.165, 1.54) is 116 Å². The number of nitrogens with one attached hydrogen (secondary N) is 1. The molecule has 0 fully saturated rings. The molecule has 1 N–H and O–H groups in total. The number of rotatable bonds is 11. The average molecular weight is 1050 g/mol. The molecule has 2 heterocycles. The Morgan fingerprint density at radius 1 is 0.370 bits per heavy atom. The van der Waals surface area contributed by atoms with Gasteiger partial charge in [0.05, 0.1) is 0 Å². The fourth-order valence-corrected chi connectivity index (χ4v) is 14.5. The minimum Gasteiger partial charge on any atom is -0.456 e. The van der Waals surface area contributed by atoms with E-state index in [1.807, 2.05) is 12.2 Å². The maximum Gasteiger partial charge on any atom is 0.135 e. The van der Waals surface area contributed by atoms with E-state index < -0.39 is 7.92 Å². The quantitative estimate of drug-likeness (QED) is 0.101. The zero-order valence-corrected chi connectivity index (χ0v) is 45.6. The van der Waals surface area contributed by atoms with Crippen LogP contribution in [0.2, 0.25) is 0 Å². The lowest BCUT2D eigenvalue weighted by atomic mass is 9.88. The summed E-state index contributed by atoms with van der Waals surface area (Å²) in [6, 6.07) is 83.5. The molecule has 3 aliphatic rings. The number of benzene rings is 10. The van der Waals surface area contributed by atoms with Gasteiger partial charge in [0.25, 0.3) is 0 Å². The average Bonchev–Trinajstić information content (AvgIpc) is 4.16. The molecule has 0 saturated carbocycles. The minimum atomic E-state index is -0.901. The number of aromatic nitrogens is 1. The van der Waals surface area contributed by atoms with Crippen LogP contribution in [0.1, 0.15) is 36.8 Å². The normalized spacial score (nSPS) is 14.4. The van der Waals surface area contributed by atoms with Crippen molar-refractivity contribution in [1.29, 1.82) is 0 Å². The summed E-state index contributed by atoms with van der Waals surface area (Å²) in [4.78, 5) is 3.75. The van der Waals surface area contributed by atoms with E-state index in [0.717, 1.165) is 58.7 Å². The maximum absolute atomic E-state index is 6.32. The van der Waals surface area contributed by atoms with E-state index in [1.54, 1.807) is 0 Å². The second kappa shape index (κ2) is 20.8. The van der Waals surface area contributed by atoms with E-state index in [4.69, 9.17) is 4.42 Å². The molecule has 0 aliphatic heterocycles. The second-order valence-corrected chi connectivity index (χ2v) is 23.6. The molecule has 81 heavy (non-hydrogen) atoms. The van der Waals surface area contributed by atoms with Crippen LogP contribution in [0.4, 0.5) is 0 Å². The molecule has 15 rings (SSSR count). The van der Waals surface area contributed by atoms with Crippen molar-refractivity contribution >= 4 is 78.7 Å². The highest BCUT2D eigenvalue weighted by Gasteiger charge is 2.20. The Kier molecular flexibility index (Phi) is 12.4. The van der Waals surface area contributed by atoms with Crippen LogP contribution >= 0.6 is 7.92 Å². The number of furan rings is 1. The fourth-order valence-electron chi connectivity index (χ4n) is 12.2. The zero-order chi connectivity index (χ0) is 53.6. The highest BCUT2D eigenvalue weighted by molar-refractivity contribution is 7.79. The smallest absolute Gasteiger partial charge is 0.135 e. The van der Waals surface area contributed by atoms with Gasteiger partial charge in [-0.1, -0.05) is 194 Å². The fraction of sp³-hybridized carbons (Fsp3) is 0.0513. The molecule has 1 atom stereocenters. The molecule has 10 aromatic carbocycles. The Balaban J connectivity index is 0.715. The van der Waals surface area contributed by atoms with Crippen LogP contribution in [-0.2, 0) is 0 Å². The van der Waals surface area contributed by atoms with Gasteiger partial charge >= 0.3 is 0 Å². The van der Waals surface area contributed by atoms with E-state index in [-0.39, 0.29) is 0 Å². The van der Waals surface area contributed by atoms with E-state index in [2.05, 4.69) is 277 Å². The number of aromatic amines is 1. The standard InChI is InChI=1S/C78H54NOP/c1-4-15-52(16-5-1)56-19-10-20-57(43-56)58-21-11-22-59(44-58)60-23-12-24-61(45-60)62-25-13-26-63(46-62)64-27-14-30-69(47-64)81(68-28-8-3-9-29-68)70-38-40-76-72(51-70)71-48-65(35-39-75(71)79-76)54-31-33-55(34-32-54)67-37-42-78-74(50-67)73-49-66(36-41-77(73)80-78)53-17-6-2-7-18-53/h3-4,6,8-9,11-19,21-51,79H,2,7,10,20H2. The van der Waals surface area contributed by atoms with Gasteiger partial charge in [-0.25, -0.2) is 0 Å². The molecule has 0 radical (unpaired) electrons. The Morgan fingerprint density at radius 3 is 1.57 bits per heavy atom. The van der Waals surface area contributed by atoms with Gasteiger partial charge in [0.15, 0.2) is 0 Å². The van der Waals surface area contributed by atoms with Gasteiger partial charge in [0, 0.05) is 32.6 Å². The first-order chi connectivity index (χ1) is 40.1. The molecule has 0 bridgehead atoms. The van der Waals surface area contributed by atoms with Crippen LogP contribution in [0.5, 0.6) is 0 Å². The van der Waals surface area contributed by atoms with Gasteiger partial charge in [0.1, 0.15) is 11.2 Å². The highest BCUT2D eigenvalue weighted by Crippen LogP contribution is 2.41. The third kappa shape index (κ3) is 9.43.